The molecule has 0 heterocycles. The summed E-state index contributed by atoms with van der Waals surface area (Å²) < 4.78 is 34.8. The van der Waals surface area contributed by atoms with Crippen LogP contribution in [0.1, 0.15) is 39.5 Å². The number of hydrogen-bond donors (Lipinski definition) is 0. The smallest absolute Gasteiger partial charge is 0.437 e. The zero-order valence-electron chi connectivity index (χ0n) is 10.1. The zero-order chi connectivity index (χ0) is 13.3. The zero-order valence-corrected chi connectivity index (χ0v) is 10.1. The first kappa shape index (κ1) is 15.8. The highest BCUT2D eigenvalue weighted by Gasteiger charge is 2.50. The van der Waals surface area contributed by atoms with Crippen LogP contribution < -0.4 is 0 Å². The SMILES string of the molecule is CCCCOC(=O)C(F)(F)C(=O)OCCCC. The largest absolute Gasteiger partial charge is 0.461 e. The van der Waals surface area contributed by atoms with Crippen molar-refractivity contribution in [1.82, 2.24) is 0 Å². The van der Waals surface area contributed by atoms with Crippen LogP contribution in [0, 0.1) is 0 Å². The van der Waals surface area contributed by atoms with Gasteiger partial charge in [0.25, 0.3) is 0 Å². The van der Waals surface area contributed by atoms with Crippen molar-refractivity contribution < 1.29 is 27.8 Å². The van der Waals surface area contributed by atoms with E-state index in [1.54, 1.807) is 0 Å². The van der Waals surface area contributed by atoms with Gasteiger partial charge in [-0.05, 0) is 12.8 Å². The number of unbranched alkanes of at least 4 members (excludes halogenated alkanes) is 2. The standard InChI is InChI=1S/C11H18F2O4/c1-3-5-7-16-9(14)11(12,13)10(15)17-8-6-4-2/h3-8H2,1-2H3. The number of carbonyl (C=O) groups is 2. The van der Waals surface area contributed by atoms with Gasteiger partial charge in [-0.3, -0.25) is 0 Å². The van der Waals surface area contributed by atoms with Crippen LogP contribution in [0.25, 0.3) is 0 Å². The van der Waals surface area contributed by atoms with Gasteiger partial charge in [-0.1, -0.05) is 26.7 Å². The van der Waals surface area contributed by atoms with Crippen LogP contribution in [-0.4, -0.2) is 31.1 Å². The minimum Gasteiger partial charge on any atom is -0.461 e. The van der Waals surface area contributed by atoms with Crippen LogP contribution in [-0.2, 0) is 19.1 Å². The quantitative estimate of drug-likeness (QED) is 0.378. The third kappa shape index (κ3) is 5.60. The molecule has 6 heteroatoms. The first-order valence-corrected chi connectivity index (χ1v) is 5.69. The maximum absolute atomic E-state index is 13.1. The molecule has 0 radical (unpaired) electrons. The van der Waals surface area contributed by atoms with Crippen molar-refractivity contribution in [2.24, 2.45) is 0 Å². The fraction of sp³-hybridized carbons (Fsp3) is 0.818. The number of carbonyl (C=O) groups excluding carboxylic acids is 2. The van der Waals surface area contributed by atoms with Gasteiger partial charge in [0.15, 0.2) is 0 Å². The summed E-state index contributed by atoms with van der Waals surface area (Å²) in [6, 6.07) is 0. The third-order valence-corrected chi connectivity index (χ3v) is 1.97. The lowest BCUT2D eigenvalue weighted by molar-refractivity contribution is -0.190. The van der Waals surface area contributed by atoms with Crippen molar-refractivity contribution in [1.29, 1.82) is 0 Å². The molecule has 0 aromatic rings. The summed E-state index contributed by atoms with van der Waals surface area (Å²) in [6.45, 7) is 3.41. The van der Waals surface area contributed by atoms with Gasteiger partial charge in [0.1, 0.15) is 0 Å². The van der Waals surface area contributed by atoms with E-state index >= 15 is 0 Å². The van der Waals surface area contributed by atoms with Crippen LogP contribution in [0.4, 0.5) is 8.78 Å². The Labute approximate surface area is 99.3 Å². The Balaban J connectivity index is 4.13. The van der Waals surface area contributed by atoms with E-state index in [2.05, 4.69) is 9.47 Å². The molecular weight excluding hydrogens is 234 g/mol. The van der Waals surface area contributed by atoms with Crippen LogP contribution in [0.2, 0.25) is 0 Å². The van der Waals surface area contributed by atoms with E-state index in [0.717, 1.165) is 0 Å². The summed E-state index contributed by atoms with van der Waals surface area (Å²) in [5.41, 5.74) is 0. The Kier molecular flexibility index (Phi) is 7.41. The van der Waals surface area contributed by atoms with Gasteiger partial charge < -0.3 is 9.47 Å². The molecule has 0 aromatic carbocycles. The van der Waals surface area contributed by atoms with E-state index in [9.17, 15) is 18.4 Å². The molecule has 0 N–H and O–H groups in total. The second kappa shape index (κ2) is 7.97. The van der Waals surface area contributed by atoms with Crippen LogP contribution in [0.15, 0.2) is 0 Å². The Hall–Kier alpha value is -1.20. The van der Waals surface area contributed by atoms with E-state index in [1.165, 1.54) is 0 Å². The summed E-state index contributed by atoms with van der Waals surface area (Å²) in [5, 5.41) is 0. The molecule has 0 unspecified atom stereocenters. The first-order chi connectivity index (χ1) is 7.96. The molecule has 0 aromatic heterocycles. The monoisotopic (exact) mass is 252 g/mol. The molecule has 0 bridgehead atoms. The number of alkyl halides is 2. The van der Waals surface area contributed by atoms with Crippen LogP contribution >= 0.6 is 0 Å². The second-order valence-corrected chi connectivity index (χ2v) is 3.55. The van der Waals surface area contributed by atoms with Gasteiger partial charge in [0.05, 0.1) is 13.2 Å². The number of hydrogen-bond acceptors (Lipinski definition) is 4. The second-order valence-electron chi connectivity index (χ2n) is 3.55. The van der Waals surface area contributed by atoms with E-state index < -0.39 is 17.9 Å². The van der Waals surface area contributed by atoms with Gasteiger partial charge >= 0.3 is 17.9 Å². The highest BCUT2D eigenvalue weighted by Crippen LogP contribution is 2.18. The topological polar surface area (TPSA) is 52.6 Å². The number of halogens is 2. The number of rotatable bonds is 8. The van der Waals surface area contributed by atoms with Gasteiger partial charge in [0, 0.05) is 0 Å². The molecule has 17 heavy (non-hydrogen) atoms. The van der Waals surface area contributed by atoms with Gasteiger partial charge in [-0.15, -0.1) is 0 Å². The normalized spacial score (nSPS) is 11.1. The van der Waals surface area contributed by atoms with Crippen molar-refractivity contribution in [2.45, 2.75) is 45.5 Å². The lowest BCUT2D eigenvalue weighted by Crippen LogP contribution is -2.41. The van der Waals surface area contributed by atoms with Crippen LogP contribution in [0.3, 0.4) is 0 Å². The number of esters is 2. The van der Waals surface area contributed by atoms with Crippen molar-refractivity contribution in [3.63, 3.8) is 0 Å². The molecule has 0 fully saturated rings. The molecule has 0 spiro atoms. The number of ether oxygens (including phenoxy) is 2. The predicted molar refractivity (Wildman–Crippen MR) is 56.7 cm³/mol. The van der Waals surface area contributed by atoms with Gasteiger partial charge in [-0.2, -0.15) is 8.78 Å². The summed E-state index contributed by atoms with van der Waals surface area (Å²) in [4.78, 5) is 21.9. The molecule has 0 saturated heterocycles. The molecule has 0 aliphatic heterocycles. The minimum atomic E-state index is -4.21. The summed E-state index contributed by atoms with van der Waals surface area (Å²) >= 11 is 0. The Morgan fingerprint density at radius 3 is 1.59 bits per heavy atom. The first-order valence-electron chi connectivity index (χ1n) is 5.69. The Morgan fingerprint density at radius 1 is 0.941 bits per heavy atom. The average Bonchev–Trinajstić information content (AvgIpc) is 2.29. The maximum Gasteiger partial charge on any atom is 0.437 e. The van der Waals surface area contributed by atoms with Gasteiger partial charge in [-0.25, -0.2) is 9.59 Å². The summed E-state index contributed by atoms with van der Waals surface area (Å²) in [5.74, 6) is -7.89. The predicted octanol–water partition coefficient (Wildman–Crippen LogP) is 2.31. The van der Waals surface area contributed by atoms with Crippen molar-refractivity contribution in [2.75, 3.05) is 13.2 Å². The summed E-state index contributed by atoms with van der Waals surface area (Å²) in [7, 11) is 0. The molecule has 0 aliphatic rings. The lowest BCUT2D eigenvalue weighted by atomic mass is 10.3. The molecular formula is C11H18F2O4. The Morgan fingerprint density at radius 2 is 1.29 bits per heavy atom. The van der Waals surface area contributed by atoms with E-state index in [1.807, 2.05) is 13.8 Å². The molecule has 100 valence electrons. The molecule has 4 nitrogen and oxygen atoms in total. The highest BCUT2D eigenvalue weighted by molar-refractivity contribution is 6.01. The van der Waals surface area contributed by atoms with E-state index in [4.69, 9.17) is 0 Å². The highest BCUT2D eigenvalue weighted by atomic mass is 19.3. The molecule has 0 saturated carbocycles. The van der Waals surface area contributed by atoms with Crippen molar-refractivity contribution >= 4 is 11.9 Å². The lowest BCUT2D eigenvalue weighted by Gasteiger charge is -2.13. The maximum atomic E-state index is 13.1. The molecule has 0 atom stereocenters. The van der Waals surface area contributed by atoms with E-state index in [0.29, 0.717) is 25.7 Å². The minimum absolute atomic E-state index is 0.118. The molecule has 0 rings (SSSR count). The average molecular weight is 252 g/mol. The van der Waals surface area contributed by atoms with Crippen molar-refractivity contribution in [3.8, 4) is 0 Å². The fourth-order valence-corrected chi connectivity index (χ4v) is 0.883. The van der Waals surface area contributed by atoms with Crippen molar-refractivity contribution in [3.05, 3.63) is 0 Å². The summed E-state index contributed by atoms with van der Waals surface area (Å²) in [6.07, 6.45) is 2.37. The molecule has 0 aliphatic carbocycles. The Bertz CT molecular complexity index is 230. The van der Waals surface area contributed by atoms with Gasteiger partial charge in [0.2, 0.25) is 0 Å². The fourth-order valence-electron chi connectivity index (χ4n) is 0.883. The van der Waals surface area contributed by atoms with Crippen LogP contribution in [0.5, 0.6) is 0 Å². The third-order valence-electron chi connectivity index (χ3n) is 1.97. The molecule has 0 amide bonds. The van der Waals surface area contributed by atoms with E-state index in [-0.39, 0.29) is 13.2 Å².